The Morgan fingerprint density at radius 2 is 1.57 bits per heavy atom. The molecular weight excluding hydrogens is 225 g/mol. The summed E-state index contributed by atoms with van der Waals surface area (Å²) in [6.45, 7) is 0. The summed E-state index contributed by atoms with van der Waals surface area (Å²) >= 11 is 6.09. The van der Waals surface area contributed by atoms with Crippen molar-refractivity contribution in [3.05, 3.63) is 12.1 Å². The fourth-order valence-corrected chi connectivity index (χ4v) is 3.93. The Morgan fingerprint density at radius 3 is 1.71 bits per heavy atom. The van der Waals surface area contributed by atoms with E-state index < -0.39 is 0 Å². The van der Waals surface area contributed by atoms with E-state index in [2.05, 4.69) is 45.2 Å². The molecule has 1 aromatic rings. The van der Waals surface area contributed by atoms with Crippen LogP contribution in [-0.2, 0) is 0 Å². The molecule has 6 radical (unpaired) electrons. The van der Waals surface area contributed by atoms with Crippen molar-refractivity contribution in [3.8, 4) is 0 Å². The van der Waals surface area contributed by atoms with E-state index in [9.17, 15) is 0 Å². The van der Waals surface area contributed by atoms with Gasteiger partial charge in [0.15, 0.2) is 0 Å². The zero-order valence-corrected chi connectivity index (χ0v) is 8.58. The van der Waals surface area contributed by atoms with Crippen LogP contribution in [0.15, 0.2) is 12.1 Å². The van der Waals surface area contributed by atoms with Crippen LogP contribution in [0.4, 0.5) is 0 Å². The molecule has 3 heteroatoms. The molecule has 0 amide bonds. The van der Waals surface area contributed by atoms with Crippen LogP contribution in [-0.4, -0.2) is 33.0 Å². The van der Waals surface area contributed by atoms with Gasteiger partial charge < -0.3 is 0 Å². The number of thiophene rings is 1. The molecule has 0 spiro atoms. The third-order valence-electron chi connectivity index (χ3n) is 0.606. The van der Waals surface area contributed by atoms with Crippen LogP contribution in [0.1, 0.15) is 0 Å². The van der Waals surface area contributed by atoms with E-state index in [1.165, 1.54) is 7.42 Å². The summed E-state index contributed by atoms with van der Waals surface area (Å²) in [6.07, 6.45) is 0. The second-order valence-corrected chi connectivity index (χ2v) is 6.03. The molecule has 0 aromatic carbocycles. The van der Waals surface area contributed by atoms with Crippen LogP contribution in [0.2, 0.25) is 0 Å². The van der Waals surface area contributed by atoms with Gasteiger partial charge in [0.25, 0.3) is 0 Å². The minimum atomic E-state index is 1.40. The third kappa shape index (κ3) is 1.62. The van der Waals surface area contributed by atoms with Gasteiger partial charge in [-0.25, -0.2) is 0 Å². The Morgan fingerprint density at radius 1 is 1.14 bits per heavy atom. The van der Waals surface area contributed by atoms with Crippen molar-refractivity contribution in [2.45, 2.75) is 0 Å². The van der Waals surface area contributed by atoms with Crippen LogP contribution in [0.25, 0.3) is 0 Å². The van der Waals surface area contributed by atoms with E-state index in [4.69, 9.17) is 0 Å². The summed E-state index contributed by atoms with van der Waals surface area (Å²) in [5.41, 5.74) is 0. The molecule has 7 heavy (non-hydrogen) atoms. The topological polar surface area (TPSA) is 0 Å². The summed E-state index contributed by atoms with van der Waals surface area (Å²) < 4.78 is 2.80. The summed E-state index contributed by atoms with van der Waals surface area (Å²) in [7, 11) is 0. The van der Waals surface area contributed by atoms with Gasteiger partial charge in [-0.1, -0.05) is 0 Å². The molecular formula is C4H2Ge2S. The standard InChI is InChI=1S/C4H2Ge2S/c5-3-1-2-4(6)7-3/h1-2H. The summed E-state index contributed by atoms with van der Waals surface area (Å²) in [4.78, 5) is 0. The molecule has 1 rings (SSSR count). The molecule has 0 bridgehead atoms. The molecule has 0 atom stereocenters. The van der Waals surface area contributed by atoms with Crippen molar-refractivity contribution in [2.75, 3.05) is 0 Å². The molecule has 32 valence electrons. The molecule has 1 aromatic heterocycles. The first-order valence-electron chi connectivity index (χ1n) is 1.82. The average Bonchev–Trinajstić information content (AvgIpc) is 1.87. The van der Waals surface area contributed by atoms with Crippen LogP contribution in [0, 0.1) is 0 Å². The molecule has 0 aliphatic rings. The van der Waals surface area contributed by atoms with Gasteiger partial charge in [0.1, 0.15) is 0 Å². The van der Waals surface area contributed by atoms with Crippen LogP contribution in [0.3, 0.4) is 0 Å². The average molecular weight is 227 g/mol. The van der Waals surface area contributed by atoms with Gasteiger partial charge in [0.2, 0.25) is 0 Å². The molecule has 0 fully saturated rings. The van der Waals surface area contributed by atoms with E-state index in [1.807, 2.05) is 11.3 Å². The maximum absolute atomic E-state index is 2.14. The molecule has 0 aliphatic heterocycles. The van der Waals surface area contributed by atoms with Crippen LogP contribution >= 0.6 is 11.3 Å². The van der Waals surface area contributed by atoms with Crippen molar-refractivity contribution in [3.63, 3.8) is 0 Å². The van der Waals surface area contributed by atoms with E-state index in [0.29, 0.717) is 0 Å². The SMILES string of the molecule is [Ge][c]1cc[c]([Ge])s1. The van der Waals surface area contributed by atoms with Gasteiger partial charge in [-0.3, -0.25) is 0 Å². The monoisotopic (exact) mass is 230 g/mol. The fraction of sp³-hybridized carbons (Fsp3) is 0. The van der Waals surface area contributed by atoms with Crippen molar-refractivity contribution < 1.29 is 0 Å². The van der Waals surface area contributed by atoms with Crippen molar-refractivity contribution in [1.82, 2.24) is 0 Å². The predicted octanol–water partition coefficient (Wildman–Crippen LogP) is -0.664. The quantitative estimate of drug-likeness (QED) is 0.516. The molecule has 1 heterocycles. The van der Waals surface area contributed by atoms with Gasteiger partial charge in [-0.05, 0) is 0 Å². The second-order valence-electron chi connectivity index (χ2n) is 1.16. The second kappa shape index (κ2) is 2.37. The Balaban J connectivity index is 3.04. The molecule has 0 aliphatic carbocycles. The molecule has 0 nitrogen and oxygen atoms in total. The van der Waals surface area contributed by atoms with Gasteiger partial charge >= 0.3 is 63.9 Å². The maximum atomic E-state index is 2.14. The molecule has 0 N–H and O–H groups in total. The number of rotatable bonds is 0. The Hall–Kier alpha value is 0.786. The van der Waals surface area contributed by atoms with Gasteiger partial charge in [-0.2, -0.15) is 0 Å². The fourth-order valence-electron chi connectivity index (χ4n) is 0.338. The normalized spacial score (nSPS) is 9.43. The van der Waals surface area contributed by atoms with Gasteiger partial charge in [0, 0.05) is 0 Å². The van der Waals surface area contributed by atoms with E-state index in [-0.39, 0.29) is 0 Å². The zero-order valence-electron chi connectivity index (χ0n) is 3.56. The molecule has 0 unspecified atom stereocenters. The third-order valence-corrected chi connectivity index (χ3v) is 3.30. The van der Waals surface area contributed by atoms with E-state index >= 15 is 0 Å². The van der Waals surface area contributed by atoms with Crippen molar-refractivity contribution in [2.24, 2.45) is 0 Å². The van der Waals surface area contributed by atoms with Crippen molar-refractivity contribution in [1.29, 1.82) is 0 Å². The van der Waals surface area contributed by atoms with E-state index in [0.717, 1.165) is 0 Å². The Kier molecular flexibility index (Phi) is 2.00. The van der Waals surface area contributed by atoms with Crippen LogP contribution in [0.5, 0.6) is 0 Å². The van der Waals surface area contributed by atoms with E-state index in [1.54, 1.807) is 0 Å². The number of hydrogen-bond donors (Lipinski definition) is 0. The predicted molar refractivity (Wildman–Crippen MR) is 35.1 cm³/mol. The zero-order chi connectivity index (χ0) is 5.28. The first-order valence-corrected chi connectivity index (χ1v) is 4.73. The minimum absolute atomic E-state index is 1.40. The van der Waals surface area contributed by atoms with Crippen LogP contribution < -0.4 is 7.42 Å². The Labute approximate surface area is 63.8 Å². The van der Waals surface area contributed by atoms with Crippen molar-refractivity contribution >= 4 is 51.8 Å². The molecule has 0 saturated carbocycles. The summed E-state index contributed by atoms with van der Waals surface area (Å²) in [6, 6.07) is 4.28. The summed E-state index contributed by atoms with van der Waals surface area (Å²) in [5, 5.41) is 0. The Bertz CT molecular complexity index is 142. The summed E-state index contributed by atoms with van der Waals surface area (Å²) in [5.74, 6) is 0. The first kappa shape index (κ1) is 5.91. The first-order chi connectivity index (χ1) is 3.29. The van der Waals surface area contributed by atoms with Gasteiger partial charge in [0.05, 0.1) is 0 Å². The number of hydrogen-bond acceptors (Lipinski definition) is 1. The molecule has 0 saturated heterocycles. The van der Waals surface area contributed by atoms with Gasteiger partial charge in [-0.15, -0.1) is 0 Å².